The van der Waals surface area contributed by atoms with Crippen molar-refractivity contribution in [2.45, 2.75) is 63.5 Å². The van der Waals surface area contributed by atoms with E-state index in [4.69, 9.17) is 5.73 Å². The summed E-state index contributed by atoms with van der Waals surface area (Å²) in [5.41, 5.74) is 7.35. The minimum atomic E-state index is -0.732. The Morgan fingerprint density at radius 2 is 2.03 bits per heavy atom. The molecule has 2 aliphatic carbocycles. The Morgan fingerprint density at radius 1 is 1.19 bits per heavy atom. The molecule has 0 aromatic carbocycles. The number of nitrogens with one attached hydrogen (secondary N) is 2. The molecule has 3 unspecified atom stereocenters. The second-order valence-corrected chi connectivity index (χ2v) is 10.6. The number of carbonyl (C=O) groups excluding carboxylic acids is 1. The van der Waals surface area contributed by atoms with Crippen molar-refractivity contribution in [3.05, 3.63) is 52.1 Å². The van der Waals surface area contributed by atoms with Crippen molar-refractivity contribution in [3.8, 4) is 0 Å². The molecule has 8 nitrogen and oxygen atoms in total. The number of hydrogen-bond donors (Lipinski definition) is 3. The number of likely N-dealkylation sites (tertiary alicyclic amines) is 1. The van der Waals surface area contributed by atoms with Gasteiger partial charge >= 0.3 is 5.69 Å². The third-order valence-corrected chi connectivity index (χ3v) is 7.91. The van der Waals surface area contributed by atoms with Crippen LogP contribution in [0.15, 0.2) is 46.4 Å². The van der Waals surface area contributed by atoms with E-state index in [2.05, 4.69) is 15.3 Å². The number of aromatic amines is 1. The third kappa shape index (κ3) is 5.70. The van der Waals surface area contributed by atoms with Crippen molar-refractivity contribution in [2.24, 2.45) is 17.6 Å². The third-order valence-electron chi connectivity index (χ3n) is 7.91. The van der Waals surface area contributed by atoms with Crippen LogP contribution in [0.4, 0.5) is 8.78 Å². The van der Waals surface area contributed by atoms with Crippen LogP contribution in [0.25, 0.3) is 11.2 Å². The van der Waals surface area contributed by atoms with E-state index in [1.807, 2.05) is 17.0 Å². The molecule has 2 aromatic rings. The normalized spacial score (nSPS) is 23.9. The minimum absolute atomic E-state index is 0.0273. The Bertz CT molecular complexity index is 1250. The van der Waals surface area contributed by atoms with Crippen molar-refractivity contribution in [2.75, 3.05) is 26.2 Å². The summed E-state index contributed by atoms with van der Waals surface area (Å²) < 4.78 is 30.4. The number of amides is 1. The maximum atomic E-state index is 14.7. The second-order valence-electron chi connectivity index (χ2n) is 10.6. The molecule has 5 rings (SSSR count). The van der Waals surface area contributed by atoms with E-state index in [-0.39, 0.29) is 30.0 Å². The number of rotatable bonds is 10. The zero-order valence-electron chi connectivity index (χ0n) is 21.1. The number of allylic oxidation sites excluding steroid dienone is 3. The number of fused-ring (bicyclic) bond motifs is 1. The van der Waals surface area contributed by atoms with Crippen LogP contribution in [0.1, 0.15) is 57.4 Å². The molecule has 3 atom stereocenters. The summed E-state index contributed by atoms with van der Waals surface area (Å²) >= 11 is 0. The summed E-state index contributed by atoms with van der Waals surface area (Å²) in [6, 6.07) is 3.11. The highest BCUT2D eigenvalue weighted by molar-refractivity contribution is 5.82. The van der Waals surface area contributed by atoms with Crippen LogP contribution in [-0.2, 0) is 4.79 Å². The molecule has 200 valence electrons. The first kappa shape index (κ1) is 25.8. The van der Waals surface area contributed by atoms with Crippen molar-refractivity contribution in [3.63, 3.8) is 0 Å². The van der Waals surface area contributed by atoms with E-state index >= 15 is 0 Å². The fourth-order valence-corrected chi connectivity index (χ4v) is 5.78. The standard InChI is InChI=1S/C27H36F2N6O2/c28-21-4-1-3-20(24(21)29)18-8-9-22(26(36)34(16-18)15-17-6-7-17)31-14-11-19(10-12-30)35-23-5-2-13-32-25(23)33-27(35)37/h2-3,5,13,17-19,22,31H,1,4,6-12,14-16,30H2,(H,32,33,37). The fourth-order valence-electron chi connectivity index (χ4n) is 5.78. The number of hydrogen-bond acceptors (Lipinski definition) is 5. The zero-order chi connectivity index (χ0) is 25.9. The lowest BCUT2D eigenvalue weighted by molar-refractivity contribution is -0.133. The molecule has 1 saturated carbocycles. The zero-order valence-corrected chi connectivity index (χ0v) is 21.1. The van der Waals surface area contributed by atoms with Crippen molar-refractivity contribution < 1.29 is 13.6 Å². The van der Waals surface area contributed by atoms with Gasteiger partial charge in [0.05, 0.1) is 11.6 Å². The maximum absolute atomic E-state index is 14.7. The predicted molar refractivity (Wildman–Crippen MR) is 138 cm³/mol. The Morgan fingerprint density at radius 3 is 2.81 bits per heavy atom. The van der Waals surface area contributed by atoms with Gasteiger partial charge in [-0.15, -0.1) is 0 Å². The number of carbonyl (C=O) groups is 1. The average Bonchev–Trinajstić information content (AvgIpc) is 3.66. The molecule has 1 amide bonds. The van der Waals surface area contributed by atoms with Crippen molar-refractivity contribution >= 4 is 17.1 Å². The van der Waals surface area contributed by atoms with Gasteiger partial charge in [0.1, 0.15) is 5.83 Å². The molecule has 4 N–H and O–H groups in total. The first-order chi connectivity index (χ1) is 18.0. The summed E-state index contributed by atoms with van der Waals surface area (Å²) in [5.74, 6) is -1.09. The van der Waals surface area contributed by atoms with E-state index in [9.17, 15) is 18.4 Å². The van der Waals surface area contributed by atoms with E-state index in [1.54, 1.807) is 16.8 Å². The van der Waals surface area contributed by atoms with Gasteiger partial charge in [-0.25, -0.2) is 18.6 Å². The molecular weight excluding hydrogens is 478 g/mol. The second kappa shape index (κ2) is 11.3. The molecule has 2 fully saturated rings. The largest absolute Gasteiger partial charge is 0.340 e. The summed E-state index contributed by atoms with van der Waals surface area (Å²) in [7, 11) is 0. The highest BCUT2D eigenvalue weighted by Crippen LogP contribution is 2.37. The number of imidazole rings is 1. The molecule has 3 aliphatic rings. The van der Waals surface area contributed by atoms with E-state index in [1.165, 1.54) is 0 Å². The maximum Gasteiger partial charge on any atom is 0.327 e. The van der Waals surface area contributed by atoms with Crippen molar-refractivity contribution in [1.29, 1.82) is 0 Å². The highest BCUT2D eigenvalue weighted by atomic mass is 19.2. The van der Waals surface area contributed by atoms with Gasteiger partial charge in [0.15, 0.2) is 11.5 Å². The van der Waals surface area contributed by atoms with Crippen LogP contribution in [0.2, 0.25) is 0 Å². The first-order valence-corrected chi connectivity index (χ1v) is 13.5. The monoisotopic (exact) mass is 514 g/mol. The molecule has 1 saturated heterocycles. The average molecular weight is 515 g/mol. The number of aromatic nitrogens is 3. The van der Waals surface area contributed by atoms with Gasteiger partial charge in [-0.3, -0.25) is 14.3 Å². The number of nitrogens with zero attached hydrogens (tertiary/aromatic N) is 3. The number of pyridine rings is 1. The summed E-state index contributed by atoms with van der Waals surface area (Å²) in [6.07, 6.45) is 8.64. The number of halogens is 2. The van der Waals surface area contributed by atoms with E-state index in [0.29, 0.717) is 75.4 Å². The van der Waals surface area contributed by atoms with Crippen LogP contribution in [0, 0.1) is 11.8 Å². The summed E-state index contributed by atoms with van der Waals surface area (Å²) in [6.45, 7) is 2.04. The van der Waals surface area contributed by atoms with Gasteiger partial charge < -0.3 is 16.0 Å². The molecule has 0 spiro atoms. The van der Waals surface area contributed by atoms with Gasteiger partial charge in [-0.05, 0) is 81.7 Å². The minimum Gasteiger partial charge on any atom is -0.340 e. The van der Waals surface area contributed by atoms with Gasteiger partial charge in [0, 0.05) is 37.7 Å². The van der Waals surface area contributed by atoms with Crippen LogP contribution >= 0.6 is 0 Å². The molecule has 0 radical (unpaired) electrons. The van der Waals surface area contributed by atoms with E-state index < -0.39 is 17.7 Å². The van der Waals surface area contributed by atoms with Gasteiger partial charge in [0.2, 0.25) is 5.91 Å². The number of H-pyrrole nitrogens is 1. The molecular formula is C27H36F2N6O2. The quantitative estimate of drug-likeness (QED) is 0.450. The Labute approximate surface area is 215 Å². The smallest absolute Gasteiger partial charge is 0.327 e. The Hall–Kier alpha value is -2.85. The molecule has 10 heteroatoms. The lowest BCUT2D eigenvalue weighted by Crippen LogP contribution is -2.47. The first-order valence-electron chi connectivity index (χ1n) is 13.5. The topological polar surface area (TPSA) is 109 Å². The van der Waals surface area contributed by atoms with Crippen LogP contribution in [-0.4, -0.2) is 57.6 Å². The molecule has 1 aliphatic heterocycles. The predicted octanol–water partition coefficient (Wildman–Crippen LogP) is 3.48. The van der Waals surface area contributed by atoms with Crippen LogP contribution < -0.4 is 16.7 Å². The van der Waals surface area contributed by atoms with E-state index in [0.717, 1.165) is 18.4 Å². The van der Waals surface area contributed by atoms with Gasteiger partial charge in [-0.1, -0.05) is 6.08 Å². The fraction of sp³-hybridized carbons (Fsp3) is 0.593. The Kier molecular flexibility index (Phi) is 7.85. The molecule has 3 heterocycles. The van der Waals surface area contributed by atoms with Gasteiger partial charge in [0.25, 0.3) is 0 Å². The lowest BCUT2D eigenvalue weighted by atomic mass is 9.88. The molecule has 0 bridgehead atoms. The van der Waals surface area contributed by atoms with Crippen LogP contribution in [0.5, 0.6) is 0 Å². The van der Waals surface area contributed by atoms with Crippen molar-refractivity contribution in [1.82, 2.24) is 24.8 Å². The van der Waals surface area contributed by atoms with Crippen LogP contribution in [0.3, 0.4) is 0 Å². The molecule has 37 heavy (non-hydrogen) atoms. The van der Waals surface area contributed by atoms with Gasteiger partial charge in [-0.2, -0.15) is 0 Å². The molecule has 2 aromatic heterocycles. The SMILES string of the molecule is NCCC(CCNC1CCC(C2=CCCC(F)=C2F)CN(CC2CC2)C1=O)n1c(=O)[nH]c2ncccc21. The summed E-state index contributed by atoms with van der Waals surface area (Å²) in [5, 5.41) is 3.42. The Balaban J connectivity index is 1.28. The summed E-state index contributed by atoms with van der Waals surface area (Å²) in [4.78, 5) is 35.1. The lowest BCUT2D eigenvalue weighted by Gasteiger charge is -2.28. The highest BCUT2D eigenvalue weighted by Gasteiger charge is 2.37. The number of nitrogens with two attached hydrogens (primary N) is 1.